The molecule has 0 saturated heterocycles. The molecule has 0 fully saturated rings. The van der Waals surface area contributed by atoms with E-state index in [9.17, 15) is 5.11 Å². The number of hydrogen-bond donors (Lipinski definition) is 2. The van der Waals surface area contributed by atoms with Gasteiger partial charge in [0.15, 0.2) is 0 Å². The predicted octanol–water partition coefficient (Wildman–Crippen LogP) is 1.59. The summed E-state index contributed by atoms with van der Waals surface area (Å²) in [6, 6.07) is 12.4. The molecule has 144 valence electrons. The highest BCUT2D eigenvalue weighted by Gasteiger charge is 2.18. The van der Waals surface area contributed by atoms with Crippen LogP contribution in [-0.2, 0) is 17.8 Å². The molecule has 0 aliphatic rings. The lowest BCUT2D eigenvalue weighted by molar-refractivity contribution is -0.920. The molecule has 0 spiro atoms. The van der Waals surface area contributed by atoms with E-state index in [1.54, 1.807) is 14.2 Å². The SMILES string of the molecule is COC[C@H](O)C[NH+](Cc1cccn1Cc1cccc(OC)c1)CC(C)C. The second-order valence-corrected chi connectivity index (χ2v) is 7.32. The van der Waals surface area contributed by atoms with Crippen molar-refractivity contribution in [3.8, 4) is 5.75 Å². The van der Waals surface area contributed by atoms with Crippen LogP contribution in [0.3, 0.4) is 0 Å². The number of benzene rings is 1. The monoisotopic (exact) mass is 361 g/mol. The first kappa shape index (κ1) is 20.5. The minimum Gasteiger partial charge on any atom is -0.497 e. The van der Waals surface area contributed by atoms with Gasteiger partial charge in [-0.1, -0.05) is 26.0 Å². The Morgan fingerprint density at radius 2 is 1.92 bits per heavy atom. The number of aliphatic hydroxyl groups excluding tert-OH is 1. The maximum absolute atomic E-state index is 10.2. The Kier molecular flexibility index (Phi) is 8.16. The fourth-order valence-electron chi connectivity index (χ4n) is 3.38. The number of aromatic nitrogens is 1. The third-order valence-electron chi connectivity index (χ3n) is 4.42. The van der Waals surface area contributed by atoms with Crippen LogP contribution in [0.15, 0.2) is 42.6 Å². The third-order valence-corrected chi connectivity index (χ3v) is 4.42. The van der Waals surface area contributed by atoms with Crippen LogP contribution in [0, 0.1) is 5.92 Å². The van der Waals surface area contributed by atoms with Gasteiger partial charge in [-0.05, 0) is 29.8 Å². The van der Waals surface area contributed by atoms with E-state index >= 15 is 0 Å². The van der Waals surface area contributed by atoms with E-state index in [0.29, 0.717) is 19.1 Å². The highest BCUT2D eigenvalue weighted by molar-refractivity contribution is 5.29. The summed E-state index contributed by atoms with van der Waals surface area (Å²) in [4.78, 5) is 1.37. The predicted molar refractivity (Wildman–Crippen MR) is 104 cm³/mol. The van der Waals surface area contributed by atoms with Crippen LogP contribution < -0.4 is 9.64 Å². The van der Waals surface area contributed by atoms with Gasteiger partial charge in [0.1, 0.15) is 24.9 Å². The number of nitrogens with one attached hydrogen (secondary N) is 1. The van der Waals surface area contributed by atoms with E-state index in [-0.39, 0.29) is 0 Å². The Morgan fingerprint density at radius 3 is 2.62 bits per heavy atom. The van der Waals surface area contributed by atoms with Crippen molar-refractivity contribution in [2.24, 2.45) is 5.92 Å². The fourth-order valence-corrected chi connectivity index (χ4v) is 3.38. The second kappa shape index (κ2) is 10.4. The number of hydrogen-bond acceptors (Lipinski definition) is 3. The minimum absolute atomic E-state index is 0.381. The number of nitrogens with zero attached hydrogens (tertiary/aromatic N) is 1. The van der Waals surface area contributed by atoms with Crippen LogP contribution >= 0.6 is 0 Å². The molecule has 5 nitrogen and oxygen atoms in total. The summed E-state index contributed by atoms with van der Waals surface area (Å²) in [5.74, 6) is 1.45. The van der Waals surface area contributed by atoms with Gasteiger partial charge in [0.05, 0.1) is 26.0 Å². The van der Waals surface area contributed by atoms with Crippen LogP contribution in [0.4, 0.5) is 0 Å². The lowest BCUT2D eigenvalue weighted by atomic mass is 10.2. The molecule has 0 saturated carbocycles. The molecule has 26 heavy (non-hydrogen) atoms. The Hall–Kier alpha value is -1.82. The number of aliphatic hydroxyl groups is 1. The molecule has 0 aliphatic heterocycles. The molecule has 0 amide bonds. The first-order valence-electron chi connectivity index (χ1n) is 9.29. The van der Waals surface area contributed by atoms with E-state index < -0.39 is 6.10 Å². The van der Waals surface area contributed by atoms with E-state index in [4.69, 9.17) is 9.47 Å². The van der Waals surface area contributed by atoms with Crippen molar-refractivity contribution in [2.75, 3.05) is 33.9 Å². The van der Waals surface area contributed by atoms with Crippen molar-refractivity contribution >= 4 is 0 Å². The standard InChI is InChI=1S/C21H32N2O3/c1-17(2)12-22(15-20(24)16-25-3)14-19-8-6-10-23(19)13-18-7-5-9-21(11-18)26-4/h5-11,17,20,24H,12-16H2,1-4H3/p+1/t20-/m1/s1. The van der Waals surface area contributed by atoms with Crippen LogP contribution in [0.2, 0.25) is 0 Å². The van der Waals surface area contributed by atoms with Crippen molar-refractivity contribution < 1.29 is 19.5 Å². The smallest absolute Gasteiger partial charge is 0.126 e. The molecule has 2 atom stereocenters. The van der Waals surface area contributed by atoms with Gasteiger partial charge in [-0.25, -0.2) is 0 Å². The zero-order valence-corrected chi connectivity index (χ0v) is 16.4. The lowest BCUT2D eigenvalue weighted by Gasteiger charge is -2.24. The Morgan fingerprint density at radius 1 is 1.12 bits per heavy atom. The van der Waals surface area contributed by atoms with E-state index in [0.717, 1.165) is 25.4 Å². The molecule has 0 aliphatic carbocycles. The van der Waals surface area contributed by atoms with E-state index in [1.807, 2.05) is 12.1 Å². The normalized spacial score (nSPS) is 13.8. The van der Waals surface area contributed by atoms with Crippen molar-refractivity contribution in [1.29, 1.82) is 0 Å². The number of methoxy groups -OCH3 is 2. The lowest BCUT2D eigenvalue weighted by Crippen LogP contribution is -3.12. The van der Waals surface area contributed by atoms with Gasteiger partial charge < -0.3 is 24.0 Å². The first-order valence-corrected chi connectivity index (χ1v) is 9.29. The molecule has 2 aromatic rings. The molecule has 0 bridgehead atoms. The van der Waals surface area contributed by atoms with Crippen LogP contribution in [-0.4, -0.2) is 49.7 Å². The summed E-state index contributed by atoms with van der Waals surface area (Å²) in [7, 11) is 3.32. The van der Waals surface area contributed by atoms with Gasteiger partial charge in [-0.3, -0.25) is 0 Å². The Bertz CT molecular complexity index is 654. The molecule has 1 heterocycles. The van der Waals surface area contributed by atoms with Gasteiger partial charge in [0.25, 0.3) is 0 Å². The van der Waals surface area contributed by atoms with Gasteiger partial charge in [-0.2, -0.15) is 0 Å². The quantitative estimate of drug-likeness (QED) is 0.639. The third kappa shape index (κ3) is 6.48. The zero-order valence-electron chi connectivity index (χ0n) is 16.4. The summed E-state index contributed by atoms with van der Waals surface area (Å²) < 4.78 is 12.7. The highest BCUT2D eigenvalue weighted by atomic mass is 16.5. The van der Waals surface area contributed by atoms with Gasteiger partial charge in [0, 0.05) is 25.8 Å². The summed E-state index contributed by atoms with van der Waals surface area (Å²) in [5.41, 5.74) is 2.49. The van der Waals surface area contributed by atoms with Gasteiger partial charge in [-0.15, -0.1) is 0 Å². The maximum atomic E-state index is 10.2. The molecule has 5 heteroatoms. The highest BCUT2D eigenvalue weighted by Crippen LogP contribution is 2.14. The van der Waals surface area contributed by atoms with Crippen LogP contribution in [0.5, 0.6) is 5.75 Å². The number of ether oxygens (including phenoxy) is 2. The largest absolute Gasteiger partial charge is 0.497 e. The Balaban J connectivity index is 2.08. The maximum Gasteiger partial charge on any atom is 0.126 e. The number of rotatable bonds is 11. The average Bonchev–Trinajstić information content (AvgIpc) is 3.01. The summed E-state index contributed by atoms with van der Waals surface area (Å²) >= 11 is 0. The fraction of sp³-hybridized carbons (Fsp3) is 0.524. The average molecular weight is 362 g/mol. The van der Waals surface area contributed by atoms with Gasteiger partial charge in [0.2, 0.25) is 0 Å². The molecule has 1 aromatic carbocycles. The summed E-state index contributed by atoms with van der Waals surface area (Å²) in [6.45, 7) is 8.23. The summed E-state index contributed by atoms with van der Waals surface area (Å²) in [5, 5.41) is 10.2. The number of quaternary nitrogens is 1. The van der Waals surface area contributed by atoms with E-state index in [2.05, 4.69) is 48.9 Å². The molecule has 2 rings (SSSR count). The van der Waals surface area contributed by atoms with Crippen molar-refractivity contribution in [3.05, 3.63) is 53.9 Å². The zero-order chi connectivity index (χ0) is 18.9. The molecule has 2 N–H and O–H groups in total. The van der Waals surface area contributed by atoms with Crippen LogP contribution in [0.1, 0.15) is 25.1 Å². The Labute approximate surface area is 157 Å². The molecule has 0 radical (unpaired) electrons. The molecule has 1 unspecified atom stereocenters. The van der Waals surface area contributed by atoms with Gasteiger partial charge >= 0.3 is 0 Å². The molecular weight excluding hydrogens is 328 g/mol. The summed E-state index contributed by atoms with van der Waals surface area (Å²) in [6.07, 6.45) is 1.68. The first-order chi connectivity index (χ1) is 12.5. The second-order valence-electron chi connectivity index (χ2n) is 7.32. The topological polar surface area (TPSA) is 48.1 Å². The van der Waals surface area contributed by atoms with Crippen molar-refractivity contribution in [2.45, 2.75) is 33.0 Å². The van der Waals surface area contributed by atoms with E-state index in [1.165, 1.54) is 16.2 Å². The minimum atomic E-state index is -0.435. The van der Waals surface area contributed by atoms with Crippen molar-refractivity contribution in [1.82, 2.24) is 4.57 Å². The molecular formula is C21H33N2O3+. The molecule has 1 aromatic heterocycles. The van der Waals surface area contributed by atoms with Crippen molar-refractivity contribution in [3.63, 3.8) is 0 Å². The van der Waals surface area contributed by atoms with Crippen LogP contribution in [0.25, 0.3) is 0 Å².